The predicted molar refractivity (Wildman–Crippen MR) is 82.4 cm³/mol. The van der Waals surface area contributed by atoms with Gasteiger partial charge in [-0.2, -0.15) is 5.26 Å². The number of piperidine rings is 1. The van der Waals surface area contributed by atoms with Gasteiger partial charge < -0.3 is 10.2 Å². The average molecular weight is 285 g/mol. The van der Waals surface area contributed by atoms with Gasteiger partial charge in [-0.3, -0.25) is 4.79 Å². The number of nitriles is 1. The van der Waals surface area contributed by atoms with Gasteiger partial charge >= 0.3 is 0 Å². The second kappa shape index (κ2) is 7.80. The summed E-state index contributed by atoms with van der Waals surface area (Å²) in [6.45, 7) is 4.68. The first-order chi connectivity index (χ1) is 10.2. The molecule has 0 radical (unpaired) electrons. The molecule has 1 heterocycles. The zero-order valence-corrected chi connectivity index (χ0v) is 12.6. The molecule has 1 unspecified atom stereocenters. The Morgan fingerprint density at radius 2 is 2.05 bits per heavy atom. The monoisotopic (exact) mass is 285 g/mol. The van der Waals surface area contributed by atoms with Gasteiger partial charge in [-0.1, -0.05) is 30.3 Å². The van der Waals surface area contributed by atoms with Crippen molar-refractivity contribution in [2.24, 2.45) is 5.92 Å². The molecule has 0 saturated carbocycles. The normalized spacial score (nSPS) is 17.9. The maximum absolute atomic E-state index is 12.3. The van der Waals surface area contributed by atoms with Gasteiger partial charge in [0.05, 0.1) is 12.1 Å². The van der Waals surface area contributed by atoms with Gasteiger partial charge in [0.25, 0.3) is 0 Å². The van der Waals surface area contributed by atoms with Crippen LogP contribution in [-0.4, -0.2) is 30.4 Å². The number of rotatable bonds is 5. The molecule has 4 nitrogen and oxygen atoms in total. The number of likely N-dealkylation sites (tertiary alicyclic amines) is 1. The van der Waals surface area contributed by atoms with Crippen molar-refractivity contribution in [2.45, 2.75) is 32.2 Å². The van der Waals surface area contributed by atoms with E-state index in [0.29, 0.717) is 6.42 Å². The van der Waals surface area contributed by atoms with Crippen molar-refractivity contribution >= 4 is 5.91 Å². The lowest BCUT2D eigenvalue weighted by atomic mass is 9.95. The molecule has 112 valence electrons. The standard InChI is InChI=1S/C17H23N3O/c1-14(15-6-3-2-4-7-15)19-17(21)16-8-12-20(13-9-16)11-5-10-18/h2-4,6-7,14,16H,5,8-9,11-13H2,1H3,(H,19,21). The zero-order valence-electron chi connectivity index (χ0n) is 12.6. The highest BCUT2D eigenvalue weighted by Crippen LogP contribution is 2.19. The molecule has 4 heteroatoms. The van der Waals surface area contributed by atoms with E-state index in [1.165, 1.54) is 0 Å². The van der Waals surface area contributed by atoms with E-state index in [4.69, 9.17) is 5.26 Å². The molecule has 1 amide bonds. The third-order valence-electron chi connectivity index (χ3n) is 4.16. The van der Waals surface area contributed by atoms with E-state index < -0.39 is 0 Å². The first-order valence-corrected chi connectivity index (χ1v) is 7.65. The van der Waals surface area contributed by atoms with Gasteiger partial charge in [-0.25, -0.2) is 0 Å². The molecule has 1 fully saturated rings. The molecule has 1 aliphatic heterocycles. The third kappa shape index (κ3) is 4.57. The molecule has 1 aromatic rings. The Bertz CT molecular complexity index is 487. The van der Waals surface area contributed by atoms with E-state index in [0.717, 1.165) is 38.0 Å². The summed E-state index contributed by atoms with van der Waals surface area (Å²) in [7, 11) is 0. The van der Waals surface area contributed by atoms with Crippen molar-refractivity contribution in [2.75, 3.05) is 19.6 Å². The van der Waals surface area contributed by atoms with Crippen LogP contribution in [0, 0.1) is 17.2 Å². The summed E-state index contributed by atoms with van der Waals surface area (Å²) in [5.74, 6) is 0.265. The van der Waals surface area contributed by atoms with Gasteiger partial charge in [0.2, 0.25) is 5.91 Å². The van der Waals surface area contributed by atoms with Crippen molar-refractivity contribution in [3.8, 4) is 6.07 Å². The maximum atomic E-state index is 12.3. The van der Waals surface area contributed by atoms with Crippen molar-refractivity contribution in [1.82, 2.24) is 10.2 Å². The first-order valence-electron chi connectivity index (χ1n) is 7.65. The van der Waals surface area contributed by atoms with E-state index in [9.17, 15) is 4.79 Å². The molecular formula is C17H23N3O. The lowest BCUT2D eigenvalue weighted by molar-refractivity contribution is -0.127. The molecule has 1 aromatic carbocycles. The quantitative estimate of drug-likeness (QED) is 0.904. The molecular weight excluding hydrogens is 262 g/mol. The van der Waals surface area contributed by atoms with Gasteiger partial charge in [-0.15, -0.1) is 0 Å². The highest BCUT2D eigenvalue weighted by Gasteiger charge is 2.25. The molecule has 1 aliphatic rings. The summed E-state index contributed by atoms with van der Waals surface area (Å²) in [4.78, 5) is 14.6. The molecule has 1 saturated heterocycles. The van der Waals surface area contributed by atoms with Crippen molar-refractivity contribution < 1.29 is 4.79 Å². The average Bonchev–Trinajstić information content (AvgIpc) is 2.54. The Balaban J connectivity index is 1.79. The summed E-state index contributed by atoms with van der Waals surface area (Å²) in [6.07, 6.45) is 2.35. The van der Waals surface area contributed by atoms with Crippen molar-refractivity contribution in [3.05, 3.63) is 35.9 Å². The third-order valence-corrected chi connectivity index (χ3v) is 4.16. The fourth-order valence-electron chi connectivity index (χ4n) is 2.78. The second-order valence-electron chi connectivity index (χ2n) is 5.66. The van der Waals surface area contributed by atoms with Gasteiger partial charge in [0, 0.05) is 18.9 Å². The van der Waals surface area contributed by atoms with Crippen LogP contribution in [0.3, 0.4) is 0 Å². The Kier molecular flexibility index (Phi) is 5.77. The number of hydrogen-bond donors (Lipinski definition) is 1. The lowest BCUT2D eigenvalue weighted by Gasteiger charge is -2.31. The number of nitrogens with zero attached hydrogens (tertiary/aromatic N) is 2. The first kappa shape index (κ1) is 15.5. The van der Waals surface area contributed by atoms with Crippen molar-refractivity contribution in [3.63, 3.8) is 0 Å². The van der Waals surface area contributed by atoms with E-state index >= 15 is 0 Å². The van der Waals surface area contributed by atoms with Gasteiger partial charge in [-0.05, 0) is 38.4 Å². The second-order valence-corrected chi connectivity index (χ2v) is 5.66. The molecule has 0 aromatic heterocycles. The topological polar surface area (TPSA) is 56.1 Å². The highest BCUT2D eigenvalue weighted by atomic mass is 16.1. The van der Waals surface area contributed by atoms with Gasteiger partial charge in [0.15, 0.2) is 0 Å². The Hall–Kier alpha value is -1.86. The number of amides is 1. The molecule has 21 heavy (non-hydrogen) atoms. The smallest absolute Gasteiger partial charge is 0.223 e. The summed E-state index contributed by atoms with van der Waals surface area (Å²) < 4.78 is 0. The van der Waals surface area contributed by atoms with Crippen molar-refractivity contribution in [1.29, 1.82) is 5.26 Å². The Morgan fingerprint density at radius 1 is 1.38 bits per heavy atom. The molecule has 0 spiro atoms. The minimum Gasteiger partial charge on any atom is -0.349 e. The minimum atomic E-state index is 0.0512. The predicted octanol–water partition coefficient (Wildman–Crippen LogP) is 2.49. The van der Waals surface area contributed by atoms with Crippen LogP contribution in [0.2, 0.25) is 0 Å². The SMILES string of the molecule is CC(NC(=O)C1CCN(CCC#N)CC1)c1ccccc1. The number of nitrogens with one attached hydrogen (secondary N) is 1. The largest absolute Gasteiger partial charge is 0.349 e. The van der Waals surface area contributed by atoms with Crippen LogP contribution in [0.15, 0.2) is 30.3 Å². The fraction of sp³-hybridized carbons (Fsp3) is 0.529. The van der Waals surface area contributed by atoms with Crippen LogP contribution in [0.4, 0.5) is 0 Å². The minimum absolute atomic E-state index is 0.0512. The Morgan fingerprint density at radius 3 is 2.67 bits per heavy atom. The number of hydrogen-bond acceptors (Lipinski definition) is 3. The zero-order chi connectivity index (χ0) is 15.1. The molecule has 0 bridgehead atoms. The van der Waals surface area contributed by atoms with Crippen LogP contribution >= 0.6 is 0 Å². The molecule has 0 aliphatic carbocycles. The summed E-state index contributed by atoms with van der Waals surface area (Å²) in [6, 6.07) is 12.3. The molecule has 2 rings (SSSR count). The van der Waals surface area contributed by atoms with E-state index in [1.54, 1.807) is 0 Å². The Labute approximate surface area is 126 Å². The lowest BCUT2D eigenvalue weighted by Crippen LogP contribution is -2.41. The summed E-state index contributed by atoms with van der Waals surface area (Å²) in [5.41, 5.74) is 1.14. The maximum Gasteiger partial charge on any atom is 0.223 e. The fourth-order valence-corrected chi connectivity index (χ4v) is 2.78. The van der Waals surface area contributed by atoms with Crippen LogP contribution in [0.25, 0.3) is 0 Å². The molecule has 1 N–H and O–H groups in total. The highest BCUT2D eigenvalue weighted by molar-refractivity contribution is 5.79. The number of carbonyl (C=O) groups excluding carboxylic acids is 1. The summed E-state index contributed by atoms with van der Waals surface area (Å²) >= 11 is 0. The van der Waals surface area contributed by atoms with E-state index in [2.05, 4.69) is 16.3 Å². The van der Waals surface area contributed by atoms with Crippen LogP contribution in [0.1, 0.15) is 37.8 Å². The number of benzene rings is 1. The van der Waals surface area contributed by atoms with Gasteiger partial charge in [0.1, 0.15) is 0 Å². The molecule has 1 atom stereocenters. The van der Waals surface area contributed by atoms with Crippen LogP contribution in [0.5, 0.6) is 0 Å². The van der Waals surface area contributed by atoms with Crippen LogP contribution in [-0.2, 0) is 4.79 Å². The summed E-state index contributed by atoms with van der Waals surface area (Å²) in [5, 5.41) is 11.7. The van der Waals surface area contributed by atoms with E-state index in [-0.39, 0.29) is 17.9 Å². The number of carbonyl (C=O) groups is 1. The van der Waals surface area contributed by atoms with Crippen LogP contribution < -0.4 is 5.32 Å². The van der Waals surface area contributed by atoms with E-state index in [1.807, 2.05) is 37.3 Å².